The lowest BCUT2D eigenvalue weighted by Gasteiger charge is -2.27. The fourth-order valence-corrected chi connectivity index (χ4v) is 3.52. The maximum Gasteiger partial charge on any atom is 0.328 e. The largest absolute Gasteiger partial charge is 0.465 e. The molecule has 0 N–H and O–H groups in total. The van der Waals surface area contributed by atoms with Gasteiger partial charge in [0.05, 0.1) is 6.61 Å². The smallest absolute Gasteiger partial charge is 0.328 e. The van der Waals surface area contributed by atoms with Crippen LogP contribution in [0.15, 0.2) is 29.2 Å². The minimum Gasteiger partial charge on any atom is -0.465 e. The number of rotatable bonds is 13. The molecule has 0 saturated carbocycles. The third-order valence-electron chi connectivity index (χ3n) is 4.99. The number of ether oxygens (including phenoxy) is 2. The van der Waals surface area contributed by atoms with Crippen molar-refractivity contribution >= 4 is 23.7 Å². The van der Waals surface area contributed by atoms with Gasteiger partial charge in [0, 0.05) is 4.90 Å². The quantitative estimate of drug-likeness (QED) is 0.134. The highest BCUT2D eigenvalue weighted by Gasteiger charge is 2.46. The molecule has 1 aromatic rings. The molecule has 0 heterocycles. The van der Waals surface area contributed by atoms with Gasteiger partial charge in [-0.05, 0) is 37.7 Å². The SMILES string of the molecule is CCCCCCCCOC(=O)C(CC)(CC)C(=O)Oc1ccccc1SC. The van der Waals surface area contributed by atoms with Crippen LogP contribution >= 0.6 is 11.8 Å². The number of hydrogen-bond acceptors (Lipinski definition) is 5. The summed E-state index contributed by atoms with van der Waals surface area (Å²) in [5, 5.41) is 0. The Morgan fingerprint density at radius 2 is 1.56 bits per heavy atom. The highest BCUT2D eigenvalue weighted by molar-refractivity contribution is 7.98. The number of para-hydroxylation sites is 1. The zero-order valence-corrected chi connectivity index (χ0v) is 18.0. The Kier molecular flexibility index (Phi) is 11.2. The Labute approximate surface area is 168 Å². The molecule has 0 saturated heterocycles. The number of esters is 2. The van der Waals surface area contributed by atoms with Crippen LogP contribution in [0.5, 0.6) is 5.75 Å². The molecule has 0 fully saturated rings. The van der Waals surface area contributed by atoms with E-state index in [0.29, 0.717) is 25.2 Å². The molecule has 0 unspecified atom stereocenters. The summed E-state index contributed by atoms with van der Waals surface area (Å²) < 4.78 is 11.1. The van der Waals surface area contributed by atoms with E-state index in [1.807, 2.05) is 38.3 Å². The lowest BCUT2D eigenvalue weighted by Crippen LogP contribution is -2.42. The number of hydrogen-bond donors (Lipinski definition) is 0. The van der Waals surface area contributed by atoms with E-state index < -0.39 is 17.4 Å². The molecule has 152 valence electrons. The molecule has 0 bridgehead atoms. The minimum absolute atomic E-state index is 0.360. The fourth-order valence-electron chi connectivity index (χ4n) is 3.00. The molecule has 27 heavy (non-hydrogen) atoms. The van der Waals surface area contributed by atoms with Gasteiger partial charge in [-0.15, -0.1) is 11.8 Å². The van der Waals surface area contributed by atoms with Gasteiger partial charge < -0.3 is 9.47 Å². The van der Waals surface area contributed by atoms with E-state index in [2.05, 4.69) is 6.92 Å². The summed E-state index contributed by atoms with van der Waals surface area (Å²) in [5.74, 6) is -0.500. The van der Waals surface area contributed by atoms with Gasteiger partial charge in [-0.2, -0.15) is 0 Å². The van der Waals surface area contributed by atoms with Gasteiger partial charge in [0.2, 0.25) is 0 Å². The first-order chi connectivity index (χ1) is 13.1. The maximum absolute atomic E-state index is 12.9. The minimum atomic E-state index is -1.24. The molecular weight excluding hydrogens is 360 g/mol. The Balaban J connectivity index is 2.67. The molecule has 0 aromatic heterocycles. The predicted octanol–water partition coefficient (Wildman–Crippen LogP) is 6.02. The van der Waals surface area contributed by atoms with Crippen molar-refractivity contribution in [3.05, 3.63) is 24.3 Å². The Morgan fingerprint density at radius 3 is 2.19 bits per heavy atom. The summed E-state index contributed by atoms with van der Waals surface area (Å²) in [5.41, 5.74) is -1.24. The van der Waals surface area contributed by atoms with Gasteiger partial charge in [-0.3, -0.25) is 9.59 Å². The van der Waals surface area contributed by atoms with Gasteiger partial charge in [0.25, 0.3) is 0 Å². The first-order valence-corrected chi connectivity index (χ1v) is 11.3. The lowest BCUT2D eigenvalue weighted by molar-refractivity contribution is -0.168. The second kappa shape index (κ2) is 12.8. The van der Waals surface area contributed by atoms with Crippen LogP contribution in [0.25, 0.3) is 0 Å². The summed E-state index contributed by atoms with van der Waals surface area (Å²) >= 11 is 1.50. The van der Waals surface area contributed by atoms with Crippen molar-refractivity contribution < 1.29 is 19.1 Å². The second-order valence-corrected chi connectivity index (χ2v) is 7.58. The molecule has 0 atom stereocenters. The van der Waals surface area contributed by atoms with Crippen molar-refractivity contribution in [1.82, 2.24) is 0 Å². The predicted molar refractivity (Wildman–Crippen MR) is 111 cm³/mol. The summed E-state index contributed by atoms with van der Waals surface area (Å²) in [7, 11) is 0. The van der Waals surface area contributed by atoms with Crippen molar-refractivity contribution in [2.75, 3.05) is 12.9 Å². The van der Waals surface area contributed by atoms with Gasteiger partial charge >= 0.3 is 11.9 Å². The highest BCUT2D eigenvalue weighted by Crippen LogP contribution is 2.34. The van der Waals surface area contributed by atoms with Crippen LogP contribution in [0.3, 0.4) is 0 Å². The maximum atomic E-state index is 12.9. The molecule has 0 radical (unpaired) electrons. The second-order valence-electron chi connectivity index (χ2n) is 6.73. The summed E-state index contributed by atoms with van der Waals surface area (Å²) in [6, 6.07) is 7.36. The number of carbonyl (C=O) groups excluding carboxylic acids is 2. The first kappa shape index (κ1) is 23.5. The fraction of sp³-hybridized carbons (Fsp3) is 0.636. The monoisotopic (exact) mass is 394 g/mol. The Hall–Kier alpha value is -1.49. The standard InChI is InChI=1S/C22H34O4S/c1-5-8-9-10-11-14-17-25-20(23)22(6-2,7-3)21(24)26-18-15-12-13-16-19(18)27-4/h12-13,15-16H,5-11,14,17H2,1-4H3. The third kappa shape index (κ3) is 6.87. The van der Waals surface area contributed by atoms with E-state index in [1.165, 1.54) is 31.0 Å². The van der Waals surface area contributed by atoms with Crippen LogP contribution in [0.1, 0.15) is 72.1 Å². The average Bonchev–Trinajstić information content (AvgIpc) is 2.69. The van der Waals surface area contributed by atoms with Gasteiger partial charge in [-0.1, -0.05) is 65.0 Å². The van der Waals surface area contributed by atoms with Gasteiger partial charge in [0.15, 0.2) is 5.41 Å². The Bertz CT molecular complexity index is 581. The van der Waals surface area contributed by atoms with E-state index in [1.54, 1.807) is 6.07 Å². The van der Waals surface area contributed by atoms with E-state index in [9.17, 15) is 9.59 Å². The molecule has 0 aliphatic heterocycles. The van der Waals surface area contributed by atoms with Crippen molar-refractivity contribution in [2.24, 2.45) is 5.41 Å². The molecule has 0 aliphatic carbocycles. The van der Waals surface area contributed by atoms with Crippen LogP contribution in [0.4, 0.5) is 0 Å². The van der Waals surface area contributed by atoms with Crippen molar-refractivity contribution in [1.29, 1.82) is 0 Å². The lowest BCUT2D eigenvalue weighted by atomic mass is 9.82. The van der Waals surface area contributed by atoms with Crippen LogP contribution in [-0.2, 0) is 14.3 Å². The summed E-state index contributed by atoms with van der Waals surface area (Å²) in [6.45, 7) is 6.21. The van der Waals surface area contributed by atoms with E-state index in [-0.39, 0.29) is 0 Å². The Morgan fingerprint density at radius 1 is 0.926 bits per heavy atom. The number of unbranched alkanes of at least 4 members (excludes halogenated alkanes) is 5. The van der Waals surface area contributed by atoms with Crippen LogP contribution < -0.4 is 4.74 Å². The molecule has 0 amide bonds. The summed E-state index contributed by atoms with van der Waals surface area (Å²) in [6.07, 6.45) is 9.37. The van der Waals surface area contributed by atoms with Crippen molar-refractivity contribution in [3.63, 3.8) is 0 Å². The molecule has 1 rings (SSSR count). The highest BCUT2D eigenvalue weighted by atomic mass is 32.2. The van der Waals surface area contributed by atoms with Crippen LogP contribution in [0, 0.1) is 5.41 Å². The number of thioether (sulfide) groups is 1. The molecule has 5 heteroatoms. The van der Waals surface area contributed by atoms with Crippen molar-refractivity contribution in [2.45, 2.75) is 77.0 Å². The third-order valence-corrected chi connectivity index (χ3v) is 5.77. The van der Waals surface area contributed by atoms with Crippen LogP contribution in [0.2, 0.25) is 0 Å². The normalized spacial score (nSPS) is 11.3. The number of benzene rings is 1. The van der Waals surface area contributed by atoms with E-state index >= 15 is 0 Å². The zero-order chi connectivity index (χ0) is 20.1. The van der Waals surface area contributed by atoms with E-state index in [4.69, 9.17) is 9.47 Å². The molecule has 0 aliphatic rings. The van der Waals surface area contributed by atoms with Gasteiger partial charge in [-0.25, -0.2) is 0 Å². The molecule has 0 spiro atoms. The van der Waals surface area contributed by atoms with Gasteiger partial charge in [0.1, 0.15) is 5.75 Å². The first-order valence-electron chi connectivity index (χ1n) is 10.1. The molecular formula is C22H34O4S. The number of carbonyl (C=O) groups is 2. The van der Waals surface area contributed by atoms with Crippen LogP contribution in [-0.4, -0.2) is 24.8 Å². The topological polar surface area (TPSA) is 52.6 Å². The van der Waals surface area contributed by atoms with Crippen molar-refractivity contribution in [3.8, 4) is 5.75 Å². The zero-order valence-electron chi connectivity index (χ0n) is 17.2. The summed E-state index contributed by atoms with van der Waals surface area (Å²) in [4.78, 5) is 26.5. The molecule has 4 nitrogen and oxygen atoms in total. The molecule has 1 aromatic carbocycles. The van der Waals surface area contributed by atoms with E-state index in [0.717, 1.165) is 24.2 Å². The average molecular weight is 395 g/mol.